The Bertz CT molecular complexity index is 1390. The van der Waals surface area contributed by atoms with Crippen LogP contribution in [0.1, 0.15) is 40.5 Å². The van der Waals surface area contributed by atoms with Gasteiger partial charge in [0.15, 0.2) is 5.16 Å². The number of nitrogens with zero attached hydrogens (tertiary/aromatic N) is 2. The van der Waals surface area contributed by atoms with Crippen molar-refractivity contribution in [3.05, 3.63) is 86.0 Å². The number of aryl methyl sites for hydroxylation is 4. The van der Waals surface area contributed by atoms with E-state index in [-0.39, 0.29) is 17.2 Å². The van der Waals surface area contributed by atoms with Gasteiger partial charge in [-0.2, -0.15) is 0 Å². The van der Waals surface area contributed by atoms with Gasteiger partial charge in [-0.15, -0.1) is 11.3 Å². The Morgan fingerprint density at radius 2 is 1.85 bits per heavy atom. The Labute approximate surface area is 208 Å². The van der Waals surface area contributed by atoms with Crippen LogP contribution in [0.5, 0.6) is 0 Å². The third kappa shape index (κ3) is 5.10. The van der Waals surface area contributed by atoms with E-state index in [0.717, 1.165) is 45.6 Å². The molecule has 4 aromatic rings. The third-order valence-electron chi connectivity index (χ3n) is 5.92. The van der Waals surface area contributed by atoms with Gasteiger partial charge in [0.2, 0.25) is 5.91 Å². The number of hydrogen-bond acceptors (Lipinski definition) is 5. The summed E-state index contributed by atoms with van der Waals surface area (Å²) >= 11 is 2.89. The van der Waals surface area contributed by atoms with Gasteiger partial charge >= 0.3 is 0 Å². The van der Waals surface area contributed by atoms with Crippen LogP contribution in [0.25, 0.3) is 15.9 Å². The fraction of sp³-hybridized carbons (Fsp3) is 0.296. The van der Waals surface area contributed by atoms with Crippen LogP contribution in [0.15, 0.2) is 58.5 Å². The highest BCUT2D eigenvalue weighted by molar-refractivity contribution is 7.99. The van der Waals surface area contributed by atoms with Crippen LogP contribution in [-0.4, -0.2) is 21.2 Å². The summed E-state index contributed by atoms with van der Waals surface area (Å²) in [6.07, 6.45) is 1.95. The molecule has 0 bridgehead atoms. The van der Waals surface area contributed by atoms with Gasteiger partial charge in [0, 0.05) is 11.4 Å². The second-order valence-corrected chi connectivity index (χ2v) is 10.5. The molecule has 0 aliphatic carbocycles. The minimum absolute atomic E-state index is 0.0726. The van der Waals surface area contributed by atoms with E-state index >= 15 is 0 Å². The average Bonchev–Trinajstić information content (AvgIpc) is 3.14. The monoisotopic (exact) mass is 491 g/mol. The number of benzene rings is 2. The molecule has 0 unspecified atom stereocenters. The summed E-state index contributed by atoms with van der Waals surface area (Å²) in [5.74, 6) is 0.0887. The first-order valence-corrected chi connectivity index (χ1v) is 13.2. The number of thioether (sulfide) groups is 1. The Kier molecular flexibility index (Phi) is 7.54. The summed E-state index contributed by atoms with van der Waals surface area (Å²) in [5.41, 5.74) is 5.04. The van der Waals surface area contributed by atoms with Crippen LogP contribution in [0.2, 0.25) is 0 Å². The van der Waals surface area contributed by atoms with E-state index in [1.807, 2.05) is 62.4 Å². The van der Waals surface area contributed by atoms with Crippen molar-refractivity contribution >= 4 is 39.2 Å². The van der Waals surface area contributed by atoms with E-state index in [9.17, 15) is 9.59 Å². The number of aromatic nitrogens is 2. The lowest BCUT2D eigenvalue weighted by Gasteiger charge is -2.14. The van der Waals surface area contributed by atoms with Crippen LogP contribution in [0, 0.1) is 20.8 Å². The molecule has 2 heterocycles. The third-order valence-corrected chi connectivity index (χ3v) is 8.11. The van der Waals surface area contributed by atoms with Gasteiger partial charge in [0.1, 0.15) is 4.83 Å². The average molecular weight is 492 g/mol. The van der Waals surface area contributed by atoms with Gasteiger partial charge in [-0.3, -0.25) is 14.2 Å². The number of fused-ring (bicyclic) bond motifs is 1. The molecule has 4 rings (SSSR count). The first-order valence-electron chi connectivity index (χ1n) is 11.4. The molecule has 34 heavy (non-hydrogen) atoms. The van der Waals surface area contributed by atoms with Crippen LogP contribution < -0.4 is 10.9 Å². The van der Waals surface area contributed by atoms with Crippen molar-refractivity contribution in [2.75, 3.05) is 5.75 Å². The molecule has 1 N–H and O–H groups in total. The zero-order valence-corrected chi connectivity index (χ0v) is 21.6. The molecule has 176 valence electrons. The normalized spacial score (nSPS) is 11.2. The number of amides is 1. The van der Waals surface area contributed by atoms with E-state index in [2.05, 4.69) is 19.2 Å². The summed E-state index contributed by atoms with van der Waals surface area (Å²) in [6, 6.07) is 15.8. The predicted molar refractivity (Wildman–Crippen MR) is 142 cm³/mol. The molecule has 2 aromatic heterocycles. The lowest BCUT2D eigenvalue weighted by atomic mass is 10.1. The fourth-order valence-electron chi connectivity index (χ4n) is 3.84. The van der Waals surface area contributed by atoms with E-state index in [1.165, 1.54) is 16.6 Å². The highest BCUT2D eigenvalue weighted by Gasteiger charge is 2.20. The van der Waals surface area contributed by atoms with Gasteiger partial charge < -0.3 is 5.32 Å². The molecule has 0 saturated heterocycles. The van der Waals surface area contributed by atoms with Crippen molar-refractivity contribution in [2.45, 2.75) is 52.2 Å². The first-order chi connectivity index (χ1) is 16.4. The highest BCUT2D eigenvalue weighted by atomic mass is 32.2. The molecule has 0 spiro atoms. The summed E-state index contributed by atoms with van der Waals surface area (Å²) in [6.45, 7) is 8.72. The Morgan fingerprint density at radius 3 is 2.56 bits per heavy atom. The standard InChI is InChI=1S/C27H29N3O2S2/c1-5-9-22-19(4)24-25(34-22)29-27(30(26(24)32)21-13-12-17(2)18(3)14-21)33-16-23(31)28-15-20-10-7-6-8-11-20/h6-8,10-14H,5,9,15-16H2,1-4H3,(H,28,31). The summed E-state index contributed by atoms with van der Waals surface area (Å²) in [7, 11) is 0. The van der Waals surface area contributed by atoms with Gasteiger partial charge in [-0.05, 0) is 61.6 Å². The van der Waals surface area contributed by atoms with Crippen molar-refractivity contribution in [2.24, 2.45) is 0 Å². The van der Waals surface area contributed by atoms with Crippen LogP contribution >= 0.6 is 23.1 Å². The summed E-state index contributed by atoms with van der Waals surface area (Å²) in [4.78, 5) is 33.2. The topological polar surface area (TPSA) is 64.0 Å². The number of thiophene rings is 1. The maximum Gasteiger partial charge on any atom is 0.267 e. The van der Waals surface area contributed by atoms with E-state index in [0.29, 0.717) is 17.1 Å². The van der Waals surface area contributed by atoms with Crippen molar-refractivity contribution in [1.82, 2.24) is 14.9 Å². The number of hydrogen-bond donors (Lipinski definition) is 1. The summed E-state index contributed by atoms with van der Waals surface area (Å²) in [5, 5.41) is 4.18. The van der Waals surface area contributed by atoms with Crippen LogP contribution in [0.4, 0.5) is 0 Å². The number of carbonyl (C=O) groups is 1. The largest absolute Gasteiger partial charge is 0.351 e. The molecule has 0 aliphatic rings. The predicted octanol–water partition coefficient (Wildman–Crippen LogP) is 5.73. The van der Waals surface area contributed by atoms with Gasteiger partial charge in [-0.25, -0.2) is 4.98 Å². The quantitative estimate of drug-likeness (QED) is 0.252. The van der Waals surface area contributed by atoms with E-state index in [4.69, 9.17) is 4.98 Å². The Morgan fingerprint density at radius 1 is 1.09 bits per heavy atom. The van der Waals surface area contributed by atoms with Gasteiger partial charge in [0.05, 0.1) is 16.8 Å². The lowest BCUT2D eigenvalue weighted by Crippen LogP contribution is -2.26. The zero-order chi connectivity index (χ0) is 24.2. The molecule has 0 saturated carbocycles. The smallest absolute Gasteiger partial charge is 0.267 e. The van der Waals surface area contributed by atoms with Crippen molar-refractivity contribution in [1.29, 1.82) is 0 Å². The fourth-order valence-corrected chi connectivity index (χ4v) is 6.01. The molecular formula is C27H29N3O2S2. The van der Waals surface area contributed by atoms with Crippen LogP contribution in [-0.2, 0) is 17.8 Å². The molecule has 5 nitrogen and oxygen atoms in total. The van der Waals surface area contributed by atoms with Gasteiger partial charge in [-0.1, -0.05) is 61.5 Å². The number of nitrogens with one attached hydrogen (secondary N) is 1. The maximum atomic E-state index is 13.8. The molecule has 0 aliphatic heterocycles. The van der Waals surface area contributed by atoms with Crippen molar-refractivity contribution in [3.63, 3.8) is 0 Å². The Balaban J connectivity index is 1.69. The molecular weight excluding hydrogens is 462 g/mol. The SMILES string of the molecule is CCCc1sc2nc(SCC(=O)NCc3ccccc3)n(-c3ccc(C)c(C)c3)c(=O)c2c1C. The maximum absolute atomic E-state index is 13.8. The minimum Gasteiger partial charge on any atom is -0.351 e. The highest BCUT2D eigenvalue weighted by Crippen LogP contribution is 2.31. The number of carbonyl (C=O) groups excluding carboxylic acids is 1. The van der Waals surface area contributed by atoms with Crippen LogP contribution in [0.3, 0.4) is 0 Å². The first kappa shape index (κ1) is 24.2. The number of rotatable bonds is 8. The van der Waals surface area contributed by atoms with E-state index in [1.54, 1.807) is 15.9 Å². The molecule has 7 heteroatoms. The lowest BCUT2D eigenvalue weighted by molar-refractivity contribution is -0.118. The molecule has 1 amide bonds. The summed E-state index contributed by atoms with van der Waals surface area (Å²) < 4.78 is 1.67. The molecule has 0 fully saturated rings. The molecule has 0 atom stereocenters. The molecule has 0 radical (unpaired) electrons. The van der Waals surface area contributed by atoms with E-state index < -0.39 is 0 Å². The zero-order valence-electron chi connectivity index (χ0n) is 20.0. The molecule has 2 aromatic carbocycles. The second kappa shape index (κ2) is 10.6. The Hall–Kier alpha value is -2.90. The van der Waals surface area contributed by atoms with Gasteiger partial charge in [0.25, 0.3) is 5.56 Å². The minimum atomic E-state index is -0.0936. The van der Waals surface area contributed by atoms with Crippen molar-refractivity contribution in [3.8, 4) is 5.69 Å². The van der Waals surface area contributed by atoms with Crippen molar-refractivity contribution < 1.29 is 4.79 Å². The second-order valence-electron chi connectivity index (χ2n) is 8.43.